The lowest BCUT2D eigenvalue weighted by molar-refractivity contribution is -0.134. The zero-order chi connectivity index (χ0) is 11.5. The minimum Gasteiger partial charge on any atom is -0.376 e. The van der Waals surface area contributed by atoms with Crippen molar-refractivity contribution in [3.63, 3.8) is 0 Å². The van der Waals surface area contributed by atoms with Crippen LogP contribution < -0.4 is 11.1 Å². The molecule has 1 amide bonds. The van der Waals surface area contributed by atoms with Crippen molar-refractivity contribution in [2.45, 2.75) is 50.5 Å². The van der Waals surface area contributed by atoms with Crippen molar-refractivity contribution in [3.8, 4) is 0 Å². The molecule has 2 rings (SSSR count). The topological polar surface area (TPSA) is 73.6 Å². The Morgan fingerprint density at radius 2 is 2.44 bits per heavy atom. The molecule has 4 unspecified atom stereocenters. The molecule has 1 aliphatic heterocycles. The monoisotopic (exact) mass is 228 g/mol. The number of carbonyl (C=O) groups is 1. The summed E-state index contributed by atoms with van der Waals surface area (Å²) in [5.41, 5.74) is 5.85. The van der Waals surface area contributed by atoms with E-state index in [0.29, 0.717) is 13.2 Å². The predicted molar refractivity (Wildman–Crippen MR) is 58.9 cm³/mol. The molecule has 3 N–H and O–H groups in total. The molecule has 0 aromatic heterocycles. The van der Waals surface area contributed by atoms with E-state index in [1.54, 1.807) is 0 Å². The average molecular weight is 228 g/mol. The molecule has 16 heavy (non-hydrogen) atoms. The molecule has 1 heterocycles. The summed E-state index contributed by atoms with van der Waals surface area (Å²) in [5.74, 6) is -0.0395. The standard InChI is InChI=1S/C11H20N2O3/c1-2-15-9-6-7(12)10(9)13-11(14)8-4-3-5-16-8/h7-10H,2-6,12H2,1H3,(H,13,14). The van der Waals surface area contributed by atoms with E-state index >= 15 is 0 Å². The summed E-state index contributed by atoms with van der Waals surface area (Å²) < 4.78 is 10.8. The van der Waals surface area contributed by atoms with Gasteiger partial charge in [-0.3, -0.25) is 4.79 Å². The van der Waals surface area contributed by atoms with Crippen molar-refractivity contribution in [2.24, 2.45) is 5.73 Å². The highest BCUT2D eigenvalue weighted by molar-refractivity contribution is 5.81. The molecule has 1 aliphatic carbocycles. The first kappa shape index (κ1) is 11.8. The molecule has 4 atom stereocenters. The average Bonchev–Trinajstić information content (AvgIpc) is 2.79. The van der Waals surface area contributed by atoms with E-state index in [2.05, 4.69) is 5.32 Å². The normalized spacial score (nSPS) is 38.1. The van der Waals surface area contributed by atoms with E-state index in [1.807, 2.05) is 6.92 Å². The van der Waals surface area contributed by atoms with Gasteiger partial charge >= 0.3 is 0 Å². The number of ether oxygens (including phenoxy) is 2. The van der Waals surface area contributed by atoms with Gasteiger partial charge in [0.05, 0.1) is 12.1 Å². The first-order valence-corrected chi connectivity index (χ1v) is 6.01. The SMILES string of the molecule is CCOC1CC(N)C1NC(=O)C1CCCO1. The molecular formula is C11H20N2O3. The second kappa shape index (κ2) is 5.12. The Morgan fingerprint density at radius 3 is 3.00 bits per heavy atom. The maximum Gasteiger partial charge on any atom is 0.249 e. The Labute approximate surface area is 95.7 Å². The third kappa shape index (κ3) is 2.36. The molecule has 5 nitrogen and oxygen atoms in total. The summed E-state index contributed by atoms with van der Waals surface area (Å²) in [7, 11) is 0. The molecular weight excluding hydrogens is 208 g/mol. The van der Waals surface area contributed by atoms with E-state index in [4.69, 9.17) is 15.2 Å². The largest absolute Gasteiger partial charge is 0.376 e. The van der Waals surface area contributed by atoms with Crippen LogP contribution in [-0.2, 0) is 14.3 Å². The molecule has 0 radical (unpaired) electrons. The molecule has 0 spiro atoms. The molecule has 2 aliphatic rings. The lowest BCUT2D eigenvalue weighted by atomic mass is 9.83. The molecule has 0 aromatic rings. The van der Waals surface area contributed by atoms with Crippen LogP contribution in [0.2, 0.25) is 0 Å². The van der Waals surface area contributed by atoms with Crippen LogP contribution in [0.1, 0.15) is 26.2 Å². The van der Waals surface area contributed by atoms with Crippen molar-refractivity contribution in [3.05, 3.63) is 0 Å². The highest BCUT2D eigenvalue weighted by Gasteiger charge is 2.41. The van der Waals surface area contributed by atoms with Crippen molar-refractivity contribution >= 4 is 5.91 Å². The van der Waals surface area contributed by atoms with Gasteiger partial charge in [-0.2, -0.15) is 0 Å². The number of rotatable bonds is 4. The number of amides is 1. The summed E-state index contributed by atoms with van der Waals surface area (Å²) in [4.78, 5) is 11.8. The first-order valence-electron chi connectivity index (χ1n) is 6.01. The van der Waals surface area contributed by atoms with Crippen molar-refractivity contribution in [1.29, 1.82) is 0 Å². The molecule has 5 heteroatoms. The first-order chi connectivity index (χ1) is 7.72. The Hall–Kier alpha value is -0.650. The van der Waals surface area contributed by atoms with Crippen LogP contribution in [0.5, 0.6) is 0 Å². The van der Waals surface area contributed by atoms with E-state index in [1.165, 1.54) is 0 Å². The maximum atomic E-state index is 11.8. The highest BCUT2D eigenvalue weighted by Crippen LogP contribution is 2.23. The van der Waals surface area contributed by atoms with Crippen molar-refractivity contribution in [2.75, 3.05) is 13.2 Å². The molecule has 0 aromatic carbocycles. The van der Waals surface area contributed by atoms with Gasteiger partial charge in [0.1, 0.15) is 6.10 Å². The second-order valence-electron chi connectivity index (χ2n) is 4.43. The van der Waals surface area contributed by atoms with Crippen molar-refractivity contribution < 1.29 is 14.3 Å². The summed E-state index contributed by atoms with van der Waals surface area (Å²) >= 11 is 0. The zero-order valence-corrected chi connectivity index (χ0v) is 9.65. The van der Waals surface area contributed by atoms with Crippen LogP contribution in [0.4, 0.5) is 0 Å². The third-order valence-electron chi connectivity index (χ3n) is 3.28. The van der Waals surface area contributed by atoms with Crippen LogP contribution in [-0.4, -0.2) is 43.4 Å². The van der Waals surface area contributed by atoms with Gasteiger partial charge in [0.25, 0.3) is 0 Å². The Balaban J connectivity index is 1.80. The summed E-state index contributed by atoms with van der Waals surface area (Å²) in [6.45, 7) is 3.29. The van der Waals surface area contributed by atoms with Gasteiger partial charge in [-0.25, -0.2) is 0 Å². The Bertz CT molecular complexity index is 252. The zero-order valence-electron chi connectivity index (χ0n) is 9.65. The van der Waals surface area contributed by atoms with E-state index in [0.717, 1.165) is 19.3 Å². The number of hydrogen-bond acceptors (Lipinski definition) is 4. The van der Waals surface area contributed by atoms with Gasteiger partial charge in [0.15, 0.2) is 0 Å². The third-order valence-corrected chi connectivity index (χ3v) is 3.28. The van der Waals surface area contributed by atoms with E-state index < -0.39 is 0 Å². The van der Waals surface area contributed by atoms with Crippen LogP contribution in [0, 0.1) is 0 Å². The summed E-state index contributed by atoms with van der Waals surface area (Å²) in [6, 6.07) is -0.0291. The van der Waals surface area contributed by atoms with Gasteiger partial charge in [0, 0.05) is 19.3 Å². The fourth-order valence-electron chi connectivity index (χ4n) is 2.27. The lowest BCUT2D eigenvalue weighted by Gasteiger charge is -2.42. The highest BCUT2D eigenvalue weighted by atomic mass is 16.5. The maximum absolute atomic E-state index is 11.8. The van der Waals surface area contributed by atoms with Gasteiger partial charge < -0.3 is 20.5 Å². The fraction of sp³-hybridized carbons (Fsp3) is 0.909. The molecule has 1 saturated carbocycles. The summed E-state index contributed by atoms with van der Waals surface area (Å²) in [6.07, 6.45) is 2.39. The number of nitrogens with one attached hydrogen (secondary N) is 1. The minimum atomic E-state index is -0.282. The van der Waals surface area contributed by atoms with Gasteiger partial charge in [-0.1, -0.05) is 0 Å². The van der Waals surface area contributed by atoms with Crippen LogP contribution in [0.15, 0.2) is 0 Å². The van der Waals surface area contributed by atoms with E-state index in [9.17, 15) is 4.79 Å². The second-order valence-corrected chi connectivity index (χ2v) is 4.43. The quantitative estimate of drug-likeness (QED) is 0.698. The smallest absolute Gasteiger partial charge is 0.249 e. The number of nitrogens with two attached hydrogens (primary N) is 1. The van der Waals surface area contributed by atoms with E-state index in [-0.39, 0.29) is 30.2 Å². The number of hydrogen-bond donors (Lipinski definition) is 2. The molecule has 2 fully saturated rings. The minimum absolute atomic E-state index is 0.0157. The van der Waals surface area contributed by atoms with Gasteiger partial charge in [-0.05, 0) is 26.2 Å². The Kier molecular flexibility index (Phi) is 3.78. The lowest BCUT2D eigenvalue weighted by Crippen LogP contribution is -2.65. The molecule has 0 bridgehead atoms. The summed E-state index contributed by atoms with van der Waals surface area (Å²) in [5, 5.41) is 2.93. The fourth-order valence-corrected chi connectivity index (χ4v) is 2.27. The van der Waals surface area contributed by atoms with Crippen LogP contribution in [0.25, 0.3) is 0 Å². The molecule has 1 saturated heterocycles. The Morgan fingerprint density at radius 1 is 1.62 bits per heavy atom. The number of carbonyl (C=O) groups excluding carboxylic acids is 1. The van der Waals surface area contributed by atoms with Crippen LogP contribution >= 0.6 is 0 Å². The van der Waals surface area contributed by atoms with Crippen LogP contribution in [0.3, 0.4) is 0 Å². The van der Waals surface area contributed by atoms with Crippen molar-refractivity contribution in [1.82, 2.24) is 5.32 Å². The van der Waals surface area contributed by atoms with Gasteiger partial charge in [0.2, 0.25) is 5.91 Å². The molecule has 92 valence electrons. The van der Waals surface area contributed by atoms with Gasteiger partial charge in [-0.15, -0.1) is 0 Å². The predicted octanol–water partition coefficient (Wildman–Crippen LogP) is -0.214.